The number of unbranched alkanes of at least 4 members (excludes halogenated alkanes) is 2. The van der Waals surface area contributed by atoms with Gasteiger partial charge in [-0.2, -0.15) is 4.98 Å². The van der Waals surface area contributed by atoms with Crippen LogP contribution in [0.25, 0.3) is 10.7 Å². The molecule has 0 aliphatic carbocycles. The topological polar surface area (TPSA) is 101 Å². The van der Waals surface area contributed by atoms with E-state index in [-0.39, 0.29) is 11.5 Å². The number of pyridine rings is 1. The number of nitrogens with zero attached hydrogens (tertiary/aromatic N) is 2. The second-order valence-electron chi connectivity index (χ2n) is 5.50. The number of aromatic nitrogens is 3. The highest BCUT2D eigenvalue weighted by Gasteiger charge is 2.09. The minimum atomic E-state index is -0.222. The van der Waals surface area contributed by atoms with Crippen LogP contribution >= 0.6 is 11.3 Å². The maximum absolute atomic E-state index is 11.9. The molecule has 0 spiro atoms. The smallest absolute Gasteiger partial charge is 0.252 e. The highest BCUT2D eigenvalue weighted by molar-refractivity contribution is 7.13. The van der Waals surface area contributed by atoms with Crippen molar-refractivity contribution < 1.29 is 9.32 Å². The molecule has 0 radical (unpaired) electrons. The fraction of sp³-hybridized carbons (Fsp3) is 0.294. The maximum atomic E-state index is 11.9. The molecule has 2 N–H and O–H groups in total. The lowest BCUT2D eigenvalue weighted by Crippen LogP contribution is -2.25. The molecule has 0 fully saturated rings. The highest BCUT2D eigenvalue weighted by Crippen LogP contribution is 2.21. The number of carbonyl (C=O) groups excluding carboxylic acids is 1. The van der Waals surface area contributed by atoms with Crippen LogP contribution in [0.5, 0.6) is 0 Å². The molecule has 0 aliphatic rings. The Kier molecular flexibility index (Phi) is 5.73. The van der Waals surface area contributed by atoms with Gasteiger partial charge in [0, 0.05) is 25.2 Å². The van der Waals surface area contributed by atoms with Gasteiger partial charge in [-0.05, 0) is 30.4 Å². The predicted molar refractivity (Wildman–Crippen MR) is 94.6 cm³/mol. The van der Waals surface area contributed by atoms with E-state index >= 15 is 0 Å². The number of carbonyl (C=O) groups is 1. The third-order valence-corrected chi connectivity index (χ3v) is 4.47. The van der Waals surface area contributed by atoms with Crippen LogP contribution in [0.1, 0.15) is 35.5 Å². The fourth-order valence-electron chi connectivity index (χ4n) is 2.30. The first-order chi connectivity index (χ1) is 12.2. The quantitative estimate of drug-likeness (QED) is 0.603. The lowest BCUT2D eigenvalue weighted by molar-refractivity contribution is 0.0952. The molecule has 0 atom stereocenters. The Labute approximate surface area is 148 Å². The minimum Gasteiger partial charge on any atom is -0.352 e. The number of hydrogen-bond acceptors (Lipinski definition) is 6. The monoisotopic (exact) mass is 358 g/mol. The van der Waals surface area contributed by atoms with Crippen molar-refractivity contribution in [1.82, 2.24) is 20.4 Å². The molecule has 7 nitrogen and oxygen atoms in total. The number of H-pyrrole nitrogens is 1. The van der Waals surface area contributed by atoms with Gasteiger partial charge in [0.25, 0.3) is 5.91 Å². The van der Waals surface area contributed by atoms with Gasteiger partial charge in [0.1, 0.15) is 0 Å². The largest absolute Gasteiger partial charge is 0.352 e. The summed E-state index contributed by atoms with van der Waals surface area (Å²) in [6.07, 6.45) is 4.87. The van der Waals surface area contributed by atoms with Gasteiger partial charge in [0.2, 0.25) is 17.3 Å². The zero-order valence-corrected chi connectivity index (χ0v) is 14.3. The Hall–Kier alpha value is -2.74. The van der Waals surface area contributed by atoms with Gasteiger partial charge in [0.15, 0.2) is 0 Å². The molecule has 0 saturated carbocycles. The zero-order valence-electron chi connectivity index (χ0n) is 13.5. The standard InChI is InChI=1S/C17H18N4O3S/c22-14-8-7-12(11-19-14)17(23)18-9-3-1-2-6-15-20-16(21-24-15)13-5-4-10-25-13/h4-5,7-8,10-11H,1-3,6,9H2,(H,18,23)(H,19,22). The van der Waals surface area contributed by atoms with Crippen molar-refractivity contribution in [2.75, 3.05) is 6.54 Å². The summed E-state index contributed by atoms with van der Waals surface area (Å²) in [5.74, 6) is 1.09. The number of hydrogen-bond donors (Lipinski definition) is 2. The van der Waals surface area contributed by atoms with Crippen LogP contribution in [0, 0.1) is 0 Å². The van der Waals surface area contributed by atoms with Crippen molar-refractivity contribution >= 4 is 17.2 Å². The van der Waals surface area contributed by atoms with Gasteiger partial charge in [-0.1, -0.05) is 17.6 Å². The fourth-order valence-corrected chi connectivity index (χ4v) is 2.95. The summed E-state index contributed by atoms with van der Waals surface area (Å²) in [4.78, 5) is 30.7. The van der Waals surface area contributed by atoms with Crippen molar-refractivity contribution in [3.63, 3.8) is 0 Å². The Bertz CT molecular complexity index is 850. The molecule has 1 amide bonds. The summed E-state index contributed by atoms with van der Waals surface area (Å²) in [6.45, 7) is 0.586. The van der Waals surface area contributed by atoms with Gasteiger partial charge < -0.3 is 14.8 Å². The number of thiophene rings is 1. The number of rotatable bonds is 8. The third kappa shape index (κ3) is 4.87. The molecule has 25 heavy (non-hydrogen) atoms. The van der Waals surface area contributed by atoms with E-state index in [9.17, 15) is 9.59 Å². The number of nitrogens with one attached hydrogen (secondary N) is 2. The molecule has 3 aromatic heterocycles. The third-order valence-electron chi connectivity index (χ3n) is 3.61. The van der Waals surface area contributed by atoms with E-state index in [1.54, 1.807) is 11.3 Å². The average molecular weight is 358 g/mol. The van der Waals surface area contributed by atoms with Gasteiger partial charge in [-0.3, -0.25) is 9.59 Å². The summed E-state index contributed by atoms with van der Waals surface area (Å²) < 4.78 is 5.25. The van der Waals surface area contributed by atoms with Crippen molar-refractivity contribution in [2.45, 2.75) is 25.7 Å². The van der Waals surface area contributed by atoms with Crippen LogP contribution < -0.4 is 10.9 Å². The van der Waals surface area contributed by atoms with E-state index in [0.29, 0.717) is 23.8 Å². The summed E-state index contributed by atoms with van der Waals surface area (Å²) in [6, 6.07) is 6.76. The second kappa shape index (κ2) is 8.39. The first-order valence-electron chi connectivity index (χ1n) is 8.06. The molecule has 3 aromatic rings. The first-order valence-corrected chi connectivity index (χ1v) is 8.94. The average Bonchev–Trinajstić information content (AvgIpc) is 3.29. The summed E-state index contributed by atoms with van der Waals surface area (Å²) in [7, 11) is 0. The van der Waals surface area contributed by atoms with Crippen LogP contribution in [-0.2, 0) is 6.42 Å². The van der Waals surface area contributed by atoms with Crippen molar-refractivity contribution in [3.05, 3.63) is 57.7 Å². The van der Waals surface area contributed by atoms with Crippen LogP contribution in [-0.4, -0.2) is 27.6 Å². The summed E-state index contributed by atoms with van der Waals surface area (Å²) >= 11 is 1.58. The minimum absolute atomic E-state index is 0.186. The summed E-state index contributed by atoms with van der Waals surface area (Å²) in [5.41, 5.74) is 0.228. The van der Waals surface area contributed by atoms with Crippen LogP contribution in [0.2, 0.25) is 0 Å². The number of aryl methyl sites for hydroxylation is 1. The molecule has 0 unspecified atom stereocenters. The SMILES string of the molecule is O=C(NCCCCCc1nc(-c2cccs2)no1)c1ccc(=O)[nH]c1. The van der Waals surface area contributed by atoms with Crippen molar-refractivity contribution in [3.8, 4) is 10.7 Å². The zero-order chi connectivity index (χ0) is 17.5. The molecular weight excluding hydrogens is 340 g/mol. The molecule has 0 aromatic carbocycles. The first kappa shape index (κ1) is 17.1. The second-order valence-corrected chi connectivity index (χ2v) is 6.44. The molecule has 0 aliphatic heterocycles. The lowest BCUT2D eigenvalue weighted by atomic mass is 10.2. The Morgan fingerprint density at radius 2 is 2.16 bits per heavy atom. The van der Waals surface area contributed by atoms with E-state index in [1.807, 2.05) is 17.5 Å². The lowest BCUT2D eigenvalue weighted by Gasteiger charge is -2.04. The van der Waals surface area contributed by atoms with Crippen molar-refractivity contribution in [1.29, 1.82) is 0 Å². The van der Waals surface area contributed by atoms with Crippen LogP contribution in [0.3, 0.4) is 0 Å². The van der Waals surface area contributed by atoms with E-state index in [2.05, 4.69) is 20.4 Å². The molecule has 3 heterocycles. The Balaban J connectivity index is 1.33. The van der Waals surface area contributed by atoms with Gasteiger partial charge in [-0.15, -0.1) is 11.3 Å². The Morgan fingerprint density at radius 1 is 1.24 bits per heavy atom. The molecule has 8 heteroatoms. The molecule has 0 bridgehead atoms. The number of amides is 1. The van der Waals surface area contributed by atoms with Gasteiger partial charge >= 0.3 is 0 Å². The van der Waals surface area contributed by atoms with E-state index in [1.165, 1.54) is 18.3 Å². The number of aromatic amines is 1. The van der Waals surface area contributed by atoms with E-state index in [0.717, 1.165) is 30.6 Å². The molecular formula is C17H18N4O3S. The van der Waals surface area contributed by atoms with E-state index < -0.39 is 0 Å². The predicted octanol–water partition coefficient (Wildman–Crippen LogP) is 2.63. The van der Waals surface area contributed by atoms with Crippen LogP contribution in [0.4, 0.5) is 0 Å². The molecule has 130 valence electrons. The maximum Gasteiger partial charge on any atom is 0.252 e. The van der Waals surface area contributed by atoms with E-state index in [4.69, 9.17) is 4.52 Å². The summed E-state index contributed by atoms with van der Waals surface area (Å²) in [5, 5.41) is 8.79. The highest BCUT2D eigenvalue weighted by atomic mass is 32.1. The van der Waals surface area contributed by atoms with Crippen molar-refractivity contribution in [2.24, 2.45) is 0 Å². The molecule has 3 rings (SSSR count). The normalized spacial score (nSPS) is 10.7. The van der Waals surface area contributed by atoms with Gasteiger partial charge in [0.05, 0.1) is 10.4 Å². The van der Waals surface area contributed by atoms with Crippen LogP contribution in [0.15, 0.2) is 45.2 Å². The molecule has 0 saturated heterocycles. The Morgan fingerprint density at radius 3 is 2.92 bits per heavy atom. The van der Waals surface area contributed by atoms with Gasteiger partial charge in [-0.25, -0.2) is 0 Å².